The molecule has 0 saturated carbocycles. The number of rotatable bonds is 4. The molecule has 0 aliphatic heterocycles. The molecule has 1 unspecified atom stereocenters. The molecule has 5 rings (SSSR count). The number of nitrogens with zero attached hydrogens (tertiary/aromatic N) is 1. The highest BCUT2D eigenvalue weighted by Crippen LogP contribution is 2.40. The number of aryl methyl sites for hydroxylation is 1. The van der Waals surface area contributed by atoms with E-state index in [1.165, 1.54) is 18.2 Å². The summed E-state index contributed by atoms with van der Waals surface area (Å²) < 4.78 is 7.25. The van der Waals surface area contributed by atoms with E-state index in [1.54, 1.807) is 6.07 Å². The second-order valence-electron chi connectivity index (χ2n) is 8.61. The minimum absolute atomic E-state index is 0.0566. The Hall–Kier alpha value is -3.37. The Balaban J connectivity index is 1.72. The van der Waals surface area contributed by atoms with Crippen molar-refractivity contribution >= 4 is 34.3 Å². The van der Waals surface area contributed by atoms with Gasteiger partial charge in [0.2, 0.25) is 0 Å². The number of fused-ring (bicyclic) bond motifs is 3. The summed E-state index contributed by atoms with van der Waals surface area (Å²) in [5.74, 6) is -0.311. The molecular formula is C28H24ClNO3. The van der Waals surface area contributed by atoms with Crippen molar-refractivity contribution < 1.29 is 14.3 Å². The molecule has 0 saturated heterocycles. The van der Waals surface area contributed by atoms with E-state index in [1.807, 2.05) is 48.5 Å². The summed E-state index contributed by atoms with van der Waals surface area (Å²) in [5.41, 5.74) is 6.42. The standard InChI is InChI=1S/C28H24ClNO3/c1-17-6-3-4-7-19(17)16-30-23-9-5-8-22(28(32)33-2)26(23)27-24(30)14-20(15-25(27)31)18-10-12-21(29)13-11-18/h3-13,20H,14-16H2,1-2H3. The second kappa shape index (κ2) is 8.53. The van der Waals surface area contributed by atoms with Gasteiger partial charge >= 0.3 is 5.97 Å². The summed E-state index contributed by atoms with van der Waals surface area (Å²) in [6.45, 7) is 2.72. The first-order chi connectivity index (χ1) is 16.0. The van der Waals surface area contributed by atoms with E-state index in [0.29, 0.717) is 40.9 Å². The Morgan fingerprint density at radius 1 is 1.03 bits per heavy atom. The molecule has 4 nitrogen and oxygen atoms in total. The molecule has 1 aliphatic carbocycles. The second-order valence-corrected chi connectivity index (χ2v) is 9.04. The van der Waals surface area contributed by atoms with E-state index < -0.39 is 5.97 Å². The van der Waals surface area contributed by atoms with Gasteiger partial charge in [-0.2, -0.15) is 0 Å². The van der Waals surface area contributed by atoms with Crippen LogP contribution in [-0.2, 0) is 17.7 Å². The van der Waals surface area contributed by atoms with Crippen LogP contribution in [0, 0.1) is 6.92 Å². The number of ketones is 1. The van der Waals surface area contributed by atoms with Crippen molar-refractivity contribution in [3.8, 4) is 0 Å². The number of halogens is 1. The summed E-state index contributed by atoms with van der Waals surface area (Å²) in [7, 11) is 1.37. The molecule has 0 radical (unpaired) electrons. The molecule has 1 atom stereocenters. The molecule has 1 aromatic heterocycles. The molecule has 33 heavy (non-hydrogen) atoms. The van der Waals surface area contributed by atoms with Crippen LogP contribution in [0.1, 0.15) is 55.4 Å². The topological polar surface area (TPSA) is 48.3 Å². The number of carbonyl (C=O) groups is 2. The molecule has 0 spiro atoms. The van der Waals surface area contributed by atoms with Crippen LogP contribution >= 0.6 is 11.6 Å². The number of esters is 1. The van der Waals surface area contributed by atoms with Gasteiger partial charge < -0.3 is 9.30 Å². The summed E-state index contributed by atoms with van der Waals surface area (Å²) in [4.78, 5) is 26.2. The molecule has 166 valence electrons. The van der Waals surface area contributed by atoms with Gasteiger partial charge in [0, 0.05) is 34.6 Å². The van der Waals surface area contributed by atoms with Crippen molar-refractivity contribution in [1.82, 2.24) is 4.57 Å². The van der Waals surface area contributed by atoms with Crippen molar-refractivity contribution in [2.24, 2.45) is 0 Å². The number of benzene rings is 3. The van der Waals surface area contributed by atoms with Crippen LogP contribution in [0.25, 0.3) is 10.9 Å². The van der Waals surface area contributed by atoms with Crippen LogP contribution in [0.2, 0.25) is 5.02 Å². The lowest BCUT2D eigenvalue weighted by Gasteiger charge is -2.24. The minimum Gasteiger partial charge on any atom is -0.465 e. The van der Waals surface area contributed by atoms with E-state index in [0.717, 1.165) is 16.8 Å². The lowest BCUT2D eigenvalue weighted by atomic mass is 9.81. The summed E-state index contributed by atoms with van der Waals surface area (Å²) in [6, 6.07) is 21.6. The molecular weight excluding hydrogens is 434 g/mol. The molecule has 1 aliphatic rings. The van der Waals surface area contributed by atoms with Gasteiger partial charge in [0.25, 0.3) is 0 Å². The van der Waals surface area contributed by atoms with Gasteiger partial charge in [-0.1, -0.05) is 54.1 Å². The third-order valence-corrected chi connectivity index (χ3v) is 6.94. The molecule has 3 aromatic carbocycles. The zero-order valence-corrected chi connectivity index (χ0v) is 19.4. The number of Topliss-reactive ketones (excluding diaryl/α,β-unsaturated/α-hetero) is 1. The van der Waals surface area contributed by atoms with Crippen LogP contribution < -0.4 is 0 Å². The largest absolute Gasteiger partial charge is 0.465 e. The first-order valence-electron chi connectivity index (χ1n) is 11.0. The number of carbonyl (C=O) groups excluding carboxylic acids is 2. The van der Waals surface area contributed by atoms with Crippen molar-refractivity contribution in [3.63, 3.8) is 0 Å². The van der Waals surface area contributed by atoms with Crippen LogP contribution in [0.15, 0.2) is 66.7 Å². The van der Waals surface area contributed by atoms with Crippen LogP contribution in [0.3, 0.4) is 0 Å². The minimum atomic E-state index is -0.427. The fourth-order valence-electron chi connectivity index (χ4n) is 4.99. The van der Waals surface area contributed by atoms with Gasteiger partial charge in [-0.15, -0.1) is 0 Å². The van der Waals surface area contributed by atoms with Gasteiger partial charge in [-0.25, -0.2) is 4.79 Å². The fraction of sp³-hybridized carbons (Fsp3) is 0.214. The predicted molar refractivity (Wildman–Crippen MR) is 130 cm³/mol. The highest BCUT2D eigenvalue weighted by Gasteiger charge is 2.34. The first kappa shape index (κ1) is 21.5. The molecule has 0 N–H and O–H groups in total. The molecule has 0 bridgehead atoms. The average molecular weight is 458 g/mol. The molecule has 0 amide bonds. The first-order valence-corrected chi connectivity index (χ1v) is 11.4. The third kappa shape index (κ3) is 3.75. The van der Waals surface area contributed by atoms with E-state index in [9.17, 15) is 9.59 Å². The number of hydrogen-bond acceptors (Lipinski definition) is 3. The molecule has 5 heteroatoms. The Kier molecular flexibility index (Phi) is 5.55. The maximum Gasteiger partial charge on any atom is 0.338 e. The zero-order chi connectivity index (χ0) is 23.1. The highest BCUT2D eigenvalue weighted by molar-refractivity contribution is 6.30. The SMILES string of the molecule is COC(=O)c1cccc2c1c1c(n2Cc2ccccc2C)CC(c2ccc(Cl)cc2)CC1=O. The maximum atomic E-state index is 13.6. The predicted octanol–water partition coefficient (Wildman–Crippen LogP) is 6.35. The number of ether oxygens (including phenoxy) is 1. The fourth-order valence-corrected chi connectivity index (χ4v) is 5.11. The van der Waals surface area contributed by atoms with Gasteiger partial charge in [0.05, 0.1) is 18.2 Å². The summed E-state index contributed by atoms with van der Waals surface area (Å²) in [5, 5.41) is 1.38. The van der Waals surface area contributed by atoms with Crippen LogP contribution in [0.4, 0.5) is 0 Å². The Morgan fingerprint density at radius 2 is 1.79 bits per heavy atom. The Morgan fingerprint density at radius 3 is 2.52 bits per heavy atom. The van der Waals surface area contributed by atoms with Gasteiger partial charge in [-0.3, -0.25) is 4.79 Å². The number of hydrogen-bond donors (Lipinski definition) is 0. The van der Waals surface area contributed by atoms with E-state index in [2.05, 4.69) is 23.6 Å². The highest BCUT2D eigenvalue weighted by atomic mass is 35.5. The van der Waals surface area contributed by atoms with E-state index in [-0.39, 0.29) is 11.7 Å². The van der Waals surface area contributed by atoms with Crippen molar-refractivity contribution in [3.05, 3.63) is 105 Å². The van der Waals surface area contributed by atoms with Crippen molar-refractivity contribution in [2.75, 3.05) is 7.11 Å². The van der Waals surface area contributed by atoms with Crippen LogP contribution in [0.5, 0.6) is 0 Å². The van der Waals surface area contributed by atoms with Gasteiger partial charge in [-0.05, 0) is 60.2 Å². The van der Waals surface area contributed by atoms with Crippen LogP contribution in [-0.4, -0.2) is 23.4 Å². The Bertz CT molecular complexity index is 1380. The lowest BCUT2D eigenvalue weighted by molar-refractivity contribution is 0.0603. The summed E-state index contributed by atoms with van der Waals surface area (Å²) in [6.07, 6.45) is 1.11. The quantitative estimate of drug-likeness (QED) is 0.335. The summed E-state index contributed by atoms with van der Waals surface area (Å²) >= 11 is 6.09. The average Bonchev–Trinajstić information content (AvgIpc) is 3.14. The normalized spacial score (nSPS) is 15.5. The molecule has 4 aromatic rings. The Labute approximate surface area is 197 Å². The lowest BCUT2D eigenvalue weighted by Crippen LogP contribution is -2.21. The smallest absolute Gasteiger partial charge is 0.338 e. The number of aromatic nitrogens is 1. The monoisotopic (exact) mass is 457 g/mol. The molecule has 0 fully saturated rings. The van der Waals surface area contributed by atoms with Crippen molar-refractivity contribution in [2.45, 2.75) is 32.2 Å². The van der Waals surface area contributed by atoms with Crippen molar-refractivity contribution in [1.29, 1.82) is 0 Å². The van der Waals surface area contributed by atoms with E-state index in [4.69, 9.17) is 16.3 Å². The van der Waals surface area contributed by atoms with E-state index >= 15 is 0 Å². The van der Waals surface area contributed by atoms with Gasteiger partial charge in [0.15, 0.2) is 5.78 Å². The van der Waals surface area contributed by atoms with Gasteiger partial charge in [0.1, 0.15) is 0 Å². The maximum absolute atomic E-state index is 13.6. The number of methoxy groups -OCH3 is 1. The third-order valence-electron chi connectivity index (χ3n) is 6.68. The molecule has 1 heterocycles. The zero-order valence-electron chi connectivity index (χ0n) is 18.6.